The van der Waals surface area contributed by atoms with Crippen LogP contribution in [0.25, 0.3) is 55.7 Å². The van der Waals surface area contributed by atoms with Gasteiger partial charge in [-0.05, 0) is 46.9 Å². The van der Waals surface area contributed by atoms with Crippen LogP contribution in [0.15, 0.2) is 177 Å². The topological polar surface area (TPSA) is 80.2 Å². The Morgan fingerprint density at radius 1 is 0.778 bits per heavy atom. The maximum absolute atomic E-state index is 13.2. The van der Waals surface area contributed by atoms with E-state index < -0.39 is 6.10 Å². The normalized spacial score (nSPS) is 19.7. The van der Waals surface area contributed by atoms with Gasteiger partial charge in [0.1, 0.15) is 23.5 Å². The van der Waals surface area contributed by atoms with Crippen molar-refractivity contribution >= 4 is 22.5 Å². The molecule has 3 fully saturated rings. The van der Waals surface area contributed by atoms with Crippen LogP contribution in [-0.4, -0.2) is 45.7 Å². The van der Waals surface area contributed by atoms with Gasteiger partial charge >= 0.3 is 0 Å². The number of pyridine rings is 1. The smallest absolute Gasteiger partial charge is 0.227 e. The summed E-state index contributed by atoms with van der Waals surface area (Å²) in [4.78, 5) is 14.8. The van der Waals surface area contributed by atoms with Gasteiger partial charge in [0.05, 0.1) is 31.3 Å². The zero-order chi connectivity index (χ0) is 42.9. The molecule has 0 saturated carbocycles. The lowest BCUT2D eigenvalue weighted by molar-refractivity contribution is -0.984. The van der Waals surface area contributed by atoms with Crippen LogP contribution in [0.4, 0.5) is 0 Å². The molecule has 6 aromatic carbocycles. The van der Waals surface area contributed by atoms with Crippen LogP contribution >= 0.6 is 11.6 Å². The van der Waals surface area contributed by atoms with Gasteiger partial charge in [0.25, 0.3) is 0 Å². The van der Waals surface area contributed by atoms with E-state index in [-0.39, 0.29) is 11.8 Å². The fourth-order valence-electron chi connectivity index (χ4n) is 10.3. The van der Waals surface area contributed by atoms with Crippen LogP contribution in [0.2, 0.25) is 5.15 Å². The van der Waals surface area contributed by atoms with Crippen LogP contribution in [-0.2, 0) is 6.54 Å². The zero-order valence-electron chi connectivity index (χ0n) is 35.1. The van der Waals surface area contributed by atoms with E-state index >= 15 is 0 Å². The average molecular weight is 847 g/mol. The molecule has 0 radical (unpaired) electrons. The fraction of sp³-hybridized carbons (Fsp3) is 0.182. The molecule has 312 valence electrons. The molecule has 3 aliphatic rings. The monoisotopic (exact) mass is 846 g/mol. The van der Waals surface area contributed by atoms with Crippen molar-refractivity contribution in [1.29, 1.82) is 0 Å². The quantitative estimate of drug-likeness (QED) is 0.0692. The van der Waals surface area contributed by atoms with E-state index in [1.54, 1.807) is 19.2 Å². The van der Waals surface area contributed by atoms with Crippen LogP contribution < -0.4 is 14.6 Å². The molecule has 2 bridgehead atoms. The zero-order valence-corrected chi connectivity index (χ0v) is 35.9. The average Bonchev–Trinajstić information content (AvgIpc) is 3.33. The van der Waals surface area contributed by atoms with E-state index in [2.05, 4.69) is 73.3 Å². The summed E-state index contributed by atoms with van der Waals surface area (Å²) in [5.41, 5.74) is 9.38. The lowest BCUT2D eigenvalue weighted by atomic mass is 9.71. The highest BCUT2D eigenvalue weighted by atomic mass is 35.5. The van der Waals surface area contributed by atoms with Crippen LogP contribution in [0.5, 0.6) is 17.4 Å². The van der Waals surface area contributed by atoms with Crippen molar-refractivity contribution in [2.45, 2.75) is 31.5 Å². The van der Waals surface area contributed by atoms with Crippen molar-refractivity contribution < 1.29 is 19.1 Å². The predicted molar refractivity (Wildman–Crippen MR) is 250 cm³/mol. The molecule has 1 unspecified atom stereocenters. The molecule has 0 spiro atoms. The Balaban J connectivity index is 1.18. The third-order valence-corrected chi connectivity index (χ3v) is 13.5. The predicted octanol–water partition coefficient (Wildman–Crippen LogP) is 12.2. The molecular weight excluding hydrogens is 800 g/mol. The molecule has 8 heteroatoms. The summed E-state index contributed by atoms with van der Waals surface area (Å²) < 4.78 is 14.6. The van der Waals surface area contributed by atoms with Gasteiger partial charge in [0.2, 0.25) is 5.88 Å². The summed E-state index contributed by atoms with van der Waals surface area (Å²) in [7, 11) is 1.76. The number of piperidine rings is 3. The molecule has 2 aromatic heterocycles. The minimum atomic E-state index is -0.566. The number of rotatable bonds is 12. The summed E-state index contributed by atoms with van der Waals surface area (Å²) in [5, 5.41) is 14.3. The maximum Gasteiger partial charge on any atom is 0.227 e. The van der Waals surface area contributed by atoms with E-state index in [0.717, 1.165) is 92.6 Å². The van der Waals surface area contributed by atoms with Crippen molar-refractivity contribution in [3.8, 4) is 62.1 Å². The Kier molecular flexibility index (Phi) is 11.0. The number of methoxy groups -OCH3 is 1. The highest BCUT2D eigenvalue weighted by Gasteiger charge is 2.55. The summed E-state index contributed by atoms with van der Waals surface area (Å²) in [6.45, 7) is 6.93. The number of nitrogens with zero attached hydrogens (tertiary/aromatic N) is 4. The fourth-order valence-corrected chi connectivity index (χ4v) is 10.6. The highest BCUT2D eigenvalue weighted by molar-refractivity contribution is 6.32. The third-order valence-electron chi connectivity index (χ3n) is 13.3. The van der Waals surface area contributed by atoms with Gasteiger partial charge in [0.15, 0.2) is 11.9 Å². The standard InChI is InChI=1S/C55H47ClN4O3/c1-3-37-35-60(34-36-30-45(38-16-8-4-9-17-38)51(62-2)46(31-36)39-18-10-5-11-19-39)29-27-42(37)32-49(60)52(44-26-28-57-48-25-24-43(61)33-47(44)48)63-55-50(40-20-12-6-13-21-40)53(56)58-54(59-55)41-22-14-7-15-23-41/h3-26,28,30-31,33,37,42,49,52H,1,27,29,32,34-35H2,2H3/t37-,42-,49+,52-,60?/m0/s1. The van der Waals surface area contributed by atoms with Crippen molar-refractivity contribution in [3.63, 3.8) is 0 Å². The second kappa shape index (κ2) is 17.2. The number of quaternary nitrogens is 1. The first kappa shape index (κ1) is 40.3. The van der Waals surface area contributed by atoms with Crippen molar-refractivity contribution in [2.24, 2.45) is 11.8 Å². The van der Waals surface area contributed by atoms with Crippen molar-refractivity contribution in [3.05, 3.63) is 193 Å². The van der Waals surface area contributed by atoms with Gasteiger partial charge in [-0.1, -0.05) is 151 Å². The van der Waals surface area contributed by atoms with E-state index in [9.17, 15) is 5.11 Å². The Morgan fingerprint density at radius 2 is 1.40 bits per heavy atom. The van der Waals surface area contributed by atoms with Gasteiger partial charge in [0, 0.05) is 58.2 Å². The second-order valence-corrected chi connectivity index (χ2v) is 17.2. The number of benzene rings is 6. The summed E-state index contributed by atoms with van der Waals surface area (Å²) >= 11 is 7.23. The Bertz CT molecular complexity index is 2850. The van der Waals surface area contributed by atoms with Gasteiger partial charge < -0.3 is 19.1 Å². The van der Waals surface area contributed by atoms with Gasteiger partial charge in [-0.15, -0.1) is 12.3 Å². The molecule has 63 heavy (non-hydrogen) atoms. The molecule has 0 amide bonds. The van der Waals surface area contributed by atoms with Crippen LogP contribution in [0, 0.1) is 11.8 Å². The molecule has 7 nitrogen and oxygen atoms in total. The molecule has 0 N–H and O–H groups in total. The number of ether oxygens (including phenoxy) is 2. The van der Waals surface area contributed by atoms with E-state index in [4.69, 9.17) is 36.0 Å². The number of hydrogen-bond donors (Lipinski definition) is 0. The molecule has 0 aliphatic carbocycles. The minimum Gasteiger partial charge on any atom is -0.872 e. The number of fused-ring (bicyclic) bond motifs is 4. The van der Waals surface area contributed by atoms with Crippen LogP contribution in [0.1, 0.15) is 30.1 Å². The minimum absolute atomic E-state index is 0.0687. The largest absolute Gasteiger partial charge is 0.872 e. The van der Waals surface area contributed by atoms with Crippen molar-refractivity contribution in [2.75, 3.05) is 20.2 Å². The first-order valence-electron chi connectivity index (χ1n) is 21.6. The van der Waals surface area contributed by atoms with E-state index in [1.807, 2.05) is 91.1 Å². The molecule has 3 saturated heterocycles. The summed E-state index contributed by atoms with van der Waals surface area (Å²) in [6, 6.07) is 52.5. The number of halogens is 1. The Morgan fingerprint density at radius 3 is 2.02 bits per heavy atom. The molecule has 5 heterocycles. The summed E-state index contributed by atoms with van der Waals surface area (Å²) in [5.74, 6) is 2.33. The van der Waals surface area contributed by atoms with Gasteiger partial charge in [-0.2, -0.15) is 4.98 Å². The first-order chi connectivity index (χ1) is 30.9. The molecule has 8 aromatic rings. The molecule has 5 atom stereocenters. The lowest BCUT2D eigenvalue weighted by Gasteiger charge is -2.58. The Labute approximate surface area is 373 Å². The SMILES string of the molecule is C=C[C@H]1C[N+]2(Cc3cc(-c4ccccc4)c(OC)c(-c4ccccc4)c3)CC[C@H]1C[C@@H]2[C@@H](Oc1nc(-c2ccccc2)nc(Cl)c1-c1ccccc1)c1ccnc2ccc([O-])cc12. The van der Waals surface area contributed by atoms with Gasteiger partial charge in [-0.25, -0.2) is 4.98 Å². The van der Waals surface area contributed by atoms with Crippen molar-refractivity contribution in [1.82, 2.24) is 15.0 Å². The molecule has 11 rings (SSSR count). The molecular formula is C55H47ClN4O3. The third kappa shape index (κ3) is 7.73. The second-order valence-electron chi connectivity index (χ2n) is 16.9. The Hall–Kier alpha value is -6.80. The lowest BCUT2D eigenvalue weighted by Crippen LogP contribution is -2.68. The van der Waals surface area contributed by atoms with Crippen LogP contribution in [0.3, 0.4) is 0 Å². The van der Waals surface area contributed by atoms with Gasteiger partial charge in [-0.3, -0.25) is 4.98 Å². The number of aromatic nitrogens is 3. The molecule has 3 aliphatic heterocycles. The number of hydrogen-bond acceptors (Lipinski definition) is 6. The first-order valence-corrected chi connectivity index (χ1v) is 22.0. The summed E-state index contributed by atoms with van der Waals surface area (Å²) in [6.07, 6.45) is 5.36. The maximum atomic E-state index is 13.2. The van der Waals surface area contributed by atoms with E-state index in [1.165, 1.54) is 5.56 Å². The highest BCUT2D eigenvalue weighted by Crippen LogP contribution is 2.51. The van der Waals surface area contributed by atoms with E-state index in [0.29, 0.717) is 34.3 Å².